The highest BCUT2D eigenvalue weighted by Gasteiger charge is 2.16. The van der Waals surface area contributed by atoms with Crippen molar-refractivity contribution in [2.75, 3.05) is 7.05 Å². The van der Waals surface area contributed by atoms with Crippen molar-refractivity contribution in [1.29, 1.82) is 0 Å². The summed E-state index contributed by atoms with van der Waals surface area (Å²) in [5.41, 5.74) is 2.27. The van der Waals surface area contributed by atoms with Gasteiger partial charge in [-0.1, -0.05) is 29.3 Å². The van der Waals surface area contributed by atoms with Crippen LogP contribution in [0, 0.1) is 0 Å². The van der Waals surface area contributed by atoms with Gasteiger partial charge in [-0.15, -0.1) is 0 Å². The smallest absolute Gasteiger partial charge is 0.0468 e. The SMILES string of the molecule is CNC(Cc1ccsc1)c1c(Cl)cccc1Cl. The van der Waals surface area contributed by atoms with Crippen molar-refractivity contribution in [3.8, 4) is 0 Å². The first-order valence-electron chi connectivity index (χ1n) is 5.34. The third kappa shape index (κ3) is 3.02. The zero-order valence-corrected chi connectivity index (χ0v) is 11.7. The molecule has 1 N–H and O–H groups in total. The summed E-state index contributed by atoms with van der Waals surface area (Å²) in [6.07, 6.45) is 0.892. The van der Waals surface area contributed by atoms with E-state index in [2.05, 4.69) is 22.1 Å². The minimum Gasteiger partial charge on any atom is -0.313 e. The summed E-state index contributed by atoms with van der Waals surface area (Å²) < 4.78 is 0. The maximum Gasteiger partial charge on any atom is 0.0468 e. The second kappa shape index (κ2) is 5.87. The van der Waals surface area contributed by atoms with E-state index in [1.54, 1.807) is 11.3 Å². The first-order chi connectivity index (χ1) is 8.22. The highest BCUT2D eigenvalue weighted by Crippen LogP contribution is 2.32. The first kappa shape index (κ1) is 12.9. The standard InChI is InChI=1S/C13H13Cl2NS/c1-16-12(7-9-5-6-17-8-9)13-10(14)3-2-4-11(13)15/h2-6,8,12,16H,7H2,1H3. The van der Waals surface area contributed by atoms with Crippen molar-refractivity contribution in [3.05, 3.63) is 56.2 Å². The van der Waals surface area contributed by atoms with Gasteiger partial charge >= 0.3 is 0 Å². The third-order valence-corrected chi connectivity index (χ3v) is 4.11. The van der Waals surface area contributed by atoms with Crippen LogP contribution in [0.2, 0.25) is 10.0 Å². The molecule has 0 radical (unpaired) electrons. The molecule has 1 nitrogen and oxygen atoms in total. The molecule has 0 bridgehead atoms. The number of hydrogen-bond donors (Lipinski definition) is 1. The summed E-state index contributed by atoms with van der Waals surface area (Å²) in [7, 11) is 1.93. The predicted octanol–water partition coefficient (Wildman–Crippen LogP) is 4.56. The highest BCUT2D eigenvalue weighted by molar-refractivity contribution is 7.07. The number of likely N-dealkylation sites (N-methyl/N-ethyl adjacent to an activating group) is 1. The fourth-order valence-electron chi connectivity index (χ4n) is 1.84. The Bertz CT molecular complexity index is 462. The molecule has 1 aromatic heterocycles. The van der Waals surface area contributed by atoms with Crippen molar-refractivity contribution in [2.24, 2.45) is 0 Å². The van der Waals surface area contributed by atoms with E-state index < -0.39 is 0 Å². The quantitative estimate of drug-likeness (QED) is 0.869. The van der Waals surface area contributed by atoms with Crippen LogP contribution in [0.5, 0.6) is 0 Å². The molecular formula is C13H13Cl2NS. The van der Waals surface area contributed by atoms with Crippen LogP contribution >= 0.6 is 34.5 Å². The Morgan fingerprint density at radius 2 is 1.94 bits per heavy atom. The Morgan fingerprint density at radius 3 is 2.47 bits per heavy atom. The summed E-state index contributed by atoms with van der Waals surface area (Å²) in [6.45, 7) is 0. The van der Waals surface area contributed by atoms with Crippen molar-refractivity contribution in [3.63, 3.8) is 0 Å². The van der Waals surface area contributed by atoms with Gasteiger partial charge < -0.3 is 5.32 Å². The Labute approximate surface area is 115 Å². The average molecular weight is 286 g/mol. The molecule has 0 amide bonds. The molecule has 0 saturated heterocycles. The van der Waals surface area contributed by atoms with Crippen molar-refractivity contribution < 1.29 is 0 Å². The summed E-state index contributed by atoms with van der Waals surface area (Å²) in [5, 5.41) is 8.93. The van der Waals surface area contributed by atoms with Crippen LogP contribution in [0.1, 0.15) is 17.2 Å². The molecule has 0 saturated carbocycles. The van der Waals surface area contributed by atoms with E-state index in [9.17, 15) is 0 Å². The van der Waals surface area contributed by atoms with Crippen LogP contribution in [0.3, 0.4) is 0 Å². The van der Waals surface area contributed by atoms with E-state index in [0.29, 0.717) is 10.0 Å². The lowest BCUT2D eigenvalue weighted by molar-refractivity contribution is 0.593. The van der Waals surface area contributed by atoms with E-state index >= 15 is 0 Å². The largest absolute Gasteiger partial charge is 0.313 e. The number of thiophene rings is 1. The highest BCUT2D eigenvalue weighted by atomic mass is 35.5. The van der Waals surface area contributed by atoms with E-state index in [1.165, 1.54) is 5.56 Å². The summed E-state index contributed by atoms with van der Waals surface area (Å²) in [4.78, 5) is 0. The lowest BCUT2D eigenvalue weighted by Gasteiger charge is -2.18. The summed E-state index contributed by atoms with van der Waals surface area (Å²) in [5.74, 6) is 0. The summed E-state index contributed by atoms with van der Waals surface area (Å²) >= 11 is 14.1. The van der Waals surface area contributed by atoms with E-state index in [4.69, 9.17) is 23.2 Å². The molecule has 90 valence electrons. The normalized spacial score (nSPS) is 12.6. The van der Waals surface area contributed by atoms with Gasteiger partial charge in [-0.3, -0.25) is 0 Å². The number of nitrogens with one attached hydrogen (secondary N) is 1. The van der Waals surface area contributed by atoms with Gasteiger partial charge in [0, 0.05) is 21.7 Å². The van der Waals surface area contributed by atoms with Gasteiger partial charge in [0.1, 0.15) is 0 Å². The van der Waals surface area contributed by atoms with Crippen LogP contribution in [-0.4, -0.2) is 7.05 Å². The fourth-order valence-corrected chi connectivity index (χ4v) is 3.18. The van der Waals surface area contributed by atoms with Crippen LogP contribution in [0.4, 0.5) is 0 Å². The number of halogens is 2. The van der Waals surface area contributed by atoms with Crippen LogP contribution in [0.25, 0.3) is 0 Å². The van der Waals surface area contributed by atoms with Crippen LogP contribution in [-0.2, 0) is 6.42 Å². The van der Waals surface area contributed by atoms with Crippen LogP contribution < -0.4 is 5.32 Å². The minimum atomic E-state index is 0.144. The predicted molar refractivity (Wildman–Crippen MR) is 76.3 cm³/mol. The Balaban J connectivity index is 2.29. The monoisotopic (exact) mass is 285 g/mol. The molecule has 2 rings (SSSR count). The van der Waals surface area contributed by atoms with Gasteiger partial charge in [0.15, 0.2) is 0 Å². The van der Waals surface area contributed by atoms with Gasteiger partial charge in [0.2, 0.25) is 0 Å². The first-order valence-corrected chi connectivity index (χ1v) is 7.04. The minimum absolute atomic E-state index is 0.144. The summed E-state index contributed by atoms with van der Waals surface area (Å²) in [6, 6.07) is 7.89. The average Bonchev–Trinajstić information content (AvgIpc) is 2.80. The van der Waals surface area contributed by atoms with E-state index in [0.717, 1.165) is 12.0 Å². The lowest BCUT2D eigenvalue weighted by Crippen LogP contribution is -2.19. The maximum atomic E-state index is 6.22. The van der Waals surface area contributed by atoms with Gasteiger partial charge in [-0.2, -0.15) is 11.3 Å². The van der Waals surface area contributed by atoms with Crippen molar-refractivity contribution in [1.82, 2.24) is 5.32 Å². The van der Waals surface area contributed by atoms with Gasteiger partial charge in [-0.05, 0) is 48.0 Å². The molecule has 1 unspecified atom stereocenters. The van der Waals surface area contributed by atoms with Gasteiger partial charge in [-0.25, -0.2) is 0 Å². The molecule has 1 heterocycles. The molecule has 2 aromatic rings. The van der Waals surface area contributed by atoms with E-state index in [-0.39, 0.29) is 6.04 Å². The molecule has 0 aliphatic heterocycles. The second-order valence-electron chi connectivity index (χ2n) is 3.81. The Hall–Kier alpha value is -0.540. The van der Waals surface area contributed by atoms with Gasteiger partial charge in [0.25, 0.3) is 0 Å². The zero-order valence-electron chi connectivity index (χ0n) is 9.41. The number of benzene rings is 1. The molecule has 1 aromatic carbocycles. The molecule has 0 spiro atoms. The molecular weight excluding hydrogens is 273 g/mol. The lowest BCUT2D eigenvalue weighted by atomic mass is 10.0. The molecule has 4 heteroatoms. The van der Waals surface area contributed by atoms with E-state index in [1.807, 2.05) is 25.2 Å². The Kier molecular flexibility index (Phi) is 4.46. The maximum absolute atomic E-state index is 6.22. The number of rotatable bonds is 4. The topological polar surface area (TPSA) is 12.0 Å². The Morgan fingerprint density at radius 1 is 1.24 bits per heavy atom. The van der Waals surface area contributed by atoms with Crippen molar-refractivity contribution >= 4 is 34.5 Å². The number of hydrogen-bond acceptors (Lipinski definition) is 2. The fraction of sp³-hybridized carbons (Fsp3) is 0.231. The molecule has 17 heavy (non-hydrogen) atoms. The van der Waals surface area contributed by atoms with Crippen LogP contribution in [0.15, 0.2) is 35.0 Å². The van der Waals surface area contributed by atoms with Crippen molar-refractivity contribution in [2.45, 2.75) is 12.5 Å². The second-order valence-corrected chi connectivity index (χ2v) is 5.41. The molecule has 0 fully saturated rings. The molecule has 1 atom stereocenters. The third-order valence-electron chi connectivity index (χ3n) is 2.72. The van der Waals surface area contributed by atoms with Gasteiger partial charge in [0.05, 0.1) is 0 Å². The zero-order chi connectivity index (χ0) is 12.3. The molecule has 0 aliphatic carbocycles. The molecule has 0 aliphatic rings.